The highest BCUT2D eigenvalue weighted by atomic mass is 32.1. The second-order valence-corrected chi connectivity index (χ2v) is 10.8. The molecule has 4 heteroatoms. The summed E-state index contributed by atoms with van der Waals surface area (Å²) in [4.78, 5) is 0. The predicted octanol–water partition coefficient (Wildman–Crippen LogP) is 6.67. The Hall–Kier alpha value is -2.66. The van der Waals surface area contributed by atoms with Gasteiger partial charge in [-0.1, -0.05) is 60.7 Å². The number of hydrogen-bond donors (Lipinski definition) is 1. The average molecular weight is 435 g/mol. The summed E-state index contributed by atoms with van der Waals surface area (Å²) < 4.78 is 8.61. The lowest BCUT2D eigenvalue weighted by atomic mass is 9.82. The van der Waals surface area contributed by atoms with Crippen LogP contribution in [-0.2, 0) is 4.65 Å². The van der Waals surface area contributed by atoms with Crippen LogP contribution in [0.15, 0.2) is 66.7 Å². The van der Waals surface area contributed by atoms with E-state index in [1.807, 2.05) is 32.7 Å². The van der Waals surface area contributed by atoms with Crippen molar-refractivity contribution in [1.29, 1.82) is 0 Å². The van der Waals surface area contributed by atoms with E-state index < -0.39 is 11.2 Å². The van der Waals surface area contributed by atoms with Gasteiger partial charge in [-0.3, -0.25) is 0 Å². The van der Waals surface area contributed by atoms with Gasteiger partial charge in [-0.2, -0.15) is 0 Å². The first-order valence-corrected chi connectivity index (χ1v) is 11.8. The molecular formula is C28H24BO2S. The van der Waals surface area contributed by atoms with Crippen molar-refractivity contribution in [1.82, 2.24) is 0 Å². The molecule has 1 aliphatic carbocycles. The Labute approximate surface area is 192 Å². The van der Waals surface area contributed by atoms with Gasteiger partial charge in [0.15, 0.2) is 0 Å². The number of hydrogen-bond acceptors (Lipinski definition) is 3. The van der Waals surface area contributed by atoms with Gasteiger partial charge in [0.25, 0.3) is 0 Å². The van der Waals surface area contributed by atoms with E-state index in [4.69, 9.17) is 4.65 Å². The van der Waals surface area contributed by atoms with Crippen LogP contribution in [0.3, 0.4) is 0 Å². The Balaban J connectivity index is 1.57. The van der Waals surface area contributed by atoms with Crippen molar-refractivity contribution >= 4 is 55.2 Å². The fourth-order valence-electron chi connectivity index (χ4n) is 4.63. The Morgan fingerprint density at radius 2 is 1.41 bits per heavy atom. The van der Waals surface area contributed by atoms with Gasteiger partial charge in [0.2, 0.25) is 0 Å². The highest BCUT2D eigenvalue weighted by molar-refractivity contribution is 7.27. The molecule has 1 radical (unpaired) electrons. The van der Waals surface area contributed by atoms with Crippen LogP contribution in [0.4, 0.5) is 0 Å². The summed E-state index contributed by atoms with van der Waals surface area (Å²) in [5.41, 5.74) is 4.69. The standard InChI is InChI=1S/C28H24BO2S/c1-27(2,30)28(3,4)31-29-22-14-8-13-20-25-19-12-7-11-18-16-9-5-6-10-17(16)21(24(18)19)15-23(25)32-26(20)22/h5-15,30H,1-4H3. The third kappa shape index (κ3) is 2.73. The second-order valence-electron chi connectivity index (χ2n) is 9.70. The fourth-order valence-corrected chi connectivity index (χ4v) is 5.86. The molecule has 0 aliphatic heterocycles. The first kappa shape index (κ1) is 20.0. The van der Waals surface area contributed by atoms with E-state index in [9.17, 15) is 5.11 Å². The maximum Gasteiger partial charge on any atom is 0.332 e. The largest absolute Gasteiger partial charge is 0.427 e. The van der Waals surface area contributed by atoms with E-state index in [0.717, 1.165) is 5.46 Å². The normalized spacial score (nSPS) is 13.3. The molecular weight excluding hydrogens is 411 g/mol. The van der Waals surface area contributed by atoms with Gasteiger partial charge >= 0.3 is 7.48 Å². The second kappa shape index (κ2) is 6.68. The quantitative estimate of drug-likeness (QED) is 0.314. The number of thiophene rings is 1. The monoisotopic (exact) mass is 435 g/mol. The van der Waals surface area contributed by atoms with Crippen molar-refractivity contribution in [3.8, 4) is 22.3 Å². The summed E-state index contributed by atoms with van der Waals surface area (Å²) in [6.07, 6.45) is 0. The minimum atomic E-state index is -0.955. The molecule has 1 N–H and O–H groups in total. The van der Waals surface area contributed by atoms with E-state index >= 15 is 0 Å². The molecule has 0 saturated heterocycles. The summed E-state index contributed by atoms with van der Waals surface area (Å²) >= 11 is 1.81. The summed E-state index contributed by atoms with van der Waals surface area (Å²) in [7, 11) is 1.81. The van der Waals surface area contributed by atoms with Crippen LogP contribution in [0.25, 0.3) is 53.2 Å². The van der Waals surface area contributed by atoms with Crippen molar-refractivity contribution in [2.45, 2.75) is 38.9 Å². The van der Waals surface area contributed by atoms with E-state index in [1.54, 1.807) is 13.8 Å². The van der Waals surface area contributed by atoms with Crippen LogP contribution < -0.4 is 5.46 Å². The molecule has 0 saturated carbocycles. The maximum absolute atomic E-state index is 10.5. The van der Waals surface area contributed by atoms with Crippen molar-refractivity contribution in [2.75, 3.05) is 0 Å². The zero-order chi connectivity index (χ0) is 22.3. The topological polar surface area (TPSA) is 29.5 Å². The number of benzene rings is 4. The van der Waals surface area contributed by atoms with Crippen molar-refractivity contribution < 1.29 is 9.76 Å². The maximum atomic E-state index is 10.5. The number of rotatable bonds is 4. The Morgan fingerprint density at radius 3 is 2.16 bits per heavy atom. The van der Waals surface area contributed by atoms with Gasteiger partial charge in [0.1, 0.15) is 0 Å². The van der Waals surface area contributed by atoms with E-state index in [1.165, 1.54) is 53.2 Å². The van der Waals surface area contributed by atoms with E-state index in [-0.39, 0.29) is 0 Å². The summed E-state index contributed by atoms with van der Waals surface area (Å²) in [5.74, 6) is 0. The Morgan fingerprint density at radius 1 is 0.750 bits per heavy atom. The van der Waals surface area contributed by atoms with Gasteiger partial charge in [-0.05, 0) is 72.3 Å². The molecule has 1 heterocycles. The van der Waals surface area contributed by atoms with Gasteiger partial charge in [0.05, 0.1) is 11.2 Å². The highest BCUT2D eigenvalue weighted by Gasteiger charge is 2.36. The molecule has 4 aromatic carbocycles. The van der Waals surface area contributed by atoms with Crippen LogP contribution in [0.5, 0.6) is 0 Å². The van der Waals surface area contributed by atoms with Crippen LogP contribution in [0.2, 0.25) is 0 Å². The van der Waals surface area contributed by atoms with Crippen LogP contribution in [0.1, 0.15) is 27.7 Å². The van der Waals surface area contributed by atoms with Gasteiger partial charge in [-0.15, -0.1) is 11.3 Å². The van der Waals surface area contributed by atoms with Gasteiger partial charge in [0, 0.05) is 20.2 Å². The molecule has 0 atom stereocenters. The van der Waals surface area contributed by atoms with Gasteiger partial charge < -0.3 is 9.76 Å². The molecule has 0 fully saturated rings. The molecule has 1 aliphatic rings. The highest BCUT2D eigenvalue weighted by Crippen LogP contribution is 2.51. The minimum Gasteiger partial charge on any atom is -0.427 e. The van der Waals surface area contributed by atoms with Crippen LogP contribution in [0, 0.1) is 0 Å². The molecule has 0 unspecified atom stereocenters. The molecule has 5 aromatic rings. The van der Waals surface area contributed by atoms with Crippen LogP contribution in [-0.4, -0.2) is 23.8 Å². The zero-order valence-corrected chi connectivity index (χ0v) is 19.5. The molecule has 0 amide bonds. The third-order valence-corrected chi connectivity index (χ3v) is 8.31. The van der Waals surface area contributed by atoms with Gasteiger partial charge in [-0.25, -0.2) is 0 Å². The summed E-state index contributed by atoms with van der Waals surface area (Å²) in [6.45, 7) is 7.39. The van der Waals surface area contributed by atoms with Crippen molar-refractivity contribution in [3.63, 3.8) is 0 Å². The molecule has 6 rings (SSSR count). The fraction of sp³-hybridized carbons (Fsp3) is 0.214. The van der Waals surface area contributed by atoms with Crippen LogP contribution >= 0.6 is 11.3 Å². The molecule has 1 aromatic heterocycles. The summed E-state index contributed by atoms with van der Waals surface area (Å²) in [5, 5.41) is 15.7. The van der Waals surface area contributed by atoms with E-state index in [2.05, 4.69) is 66.7 Å². The first-order valence-electron chi connectivity index (χ1n) is 11.0. The summed E-state index contributed by atoms with van der Waals surface area (Å²) in [6, 6.07) is 24.1. The minimum absolute atomic E-state index is 0.703. The lowest BCUT2D eigenvalue weighted by molar-refractivity contribution is -0.0893. The van der Waals surface area contributed by atoms with Crippen molar-refractivity contribution in [2.24, 2.45) is 0 Å². The molecule has 0 spiro atoms. The molecule has 2 nitrogen and oxygen atoms in total. The SMILES string of the molecule is CC(C)(O)C(C)(C)O[B]c1cccc2c1sc1cc3c4c(cccc4c12)-c1ccccc1-3. The lowest BCUT2D eigenvalue weighted by Crippen LogP contribution is -2.49. The molecule has 32 heavy (non-hydrogen) atoms. The number of aliphatic hydroxyl groups is 1. The smallest absolute Gasteiger partial charge is 0.332 e. The van der Waals surface area contributed by atoms with E-state index in [0.29, 0.717) is 0 Å². The van der Waals surface area contributed by atoms with Crippen molar-refractivity contribution in [3.05, 3.63) is 66.7 Å². The molecule has 157 valence electrons. The third-order valence-electron chi connectivity index (χ3n) is 7.11. The zero-order valence-electron chi connectivity index (χ0n) is 18.7. The number of fused-ring (bicyclic) bond motifs is 7. The average Bonchev–Trinajstić information content (AvgIpc) is 3.30. The first-order chi connectivity index (χ1) is 15.3. The lowest BCUT2D eigenvalue weighted by Gasteiger charge is -2.37. The molecule has 0 bridgehead atoms. The Kier molecular flexibility index (Phi) is 4.17. The predicted molar refractivity (Wildman–Crippen MR) is 138 cm³/mol. The Bertz CT molecular complexity index is 1540.